The van der Waals surface area contributed by atoms with Crippen molar-refractivity contribution in [3.05, 3.63) is 59.2 Å². The lowest BCUT2D eigenvalue weighted by atomic mass is 10.2. The van der Waals surface area contributed by atoms with E-state index in [1.807, 2.05) is 19.1 Å². The van der Waals surface area contributed by atoms with Gasteiger partial charge in [-0.25, -0.2) is 8.42 Å². The van der Waals surface area contributed by atoms with Gasteiger partial charge in [-0.05, 0) is 49.2 Å². The van der Waals surface area contributed by atoms with E-state index in [-0.39, 0.29) is 18.0 Å². The maximum atomic E-state index is 12.9. The van der Waals surface area contributed by atoms with E-state index in [0.717, 1.165) is 9.87 Å². The number of hydrogen-bond donors (Lipinski definition) is 1. The molecule has 1 N–H and O–H groups in total. The number of likely N-dealkylation sites (N-methyl/N-ethyl adjacent to an activating group) is 1. The van der Waals surface area contributed by atoms with Crippen LogP contribution in [0, 0.1) is 25.2 Å². The zero-order valence-corrected chi connectivity index (χ0v) is 15.8. The van der Waals surface area contributed by atoms with Crippen LogP contribution in [0.1, 0.15) is 23.6 Å². The van der Waals surface area contributed by atoms with E-state index in [0.29, 0.717) is 16.8 Å². The fourth-order valence-corrected chi connectivity index (χ4v) is 4.23. The number of carbonyl (C=O) groups excluding carboxylic acids is 1. The fraction of sp³-hybridized carbons (Fsp3) is 0.263. The van der Waals surface area contributed by atoms with Gasteiger partial charge in [0.2, 0.25) is 15.9 Å². The Kier molecular flexibility index (Phi) is 6.14. The van der Waals surface area contributed by atoms with Crippen molar-refractivity contribution in [1.82, 2.24) is 4.31 Å². The van der Waals surface area contributed by atoms with Crippen LogP contribution in [0.25, 0.3) is 0 Å². The number of nitriles is 1. The van der Waals surface area contributed by atoms with Gasteiger partial charge in [0, 0.05) is 12.2 Å². The molecular weight excluding hydrogens is 350 g/mol. The third-order valence-corrected chi connectivity index (χ3v) is 5.97. The molecule has 0 heterocycles. The first-order chi connectivity index (χ1) is 12.3. The van der Waals surface area contributed by atoms with Crippen molar-refractivity contribution in [1.29, 1.82) is 5.26 Å². The van der Waals surface area contributed by atoms with Gasteiger partial charge in [0.25, 0.3) is 0 Å². The van der Waals surface area contributed by atoms with Gasteiger partial charge in [-0.3, -0.25) is 4.79 Å². The van der Waals surface area contributed by atoms with E-state index < -0.39 is 15.9 Å². The Hall–Kier alpha value is -2.69. The number of hydrogen-bond acceptors (Lipinski definition) is 4. The summed E-state index contributed by atoms with van der Waals surface area (Å²) >= 11 is 0. The minimum absolute atomic E-state index is 0.168. The van der Waals surface area contributed by atoms with Crippen molar-refractivity contribution in [2.24, 2.45) is 0 Å². The van der Waals surface area contributed by atoms with Crippen LogP contribution in [-0.4, -0.2) is 31.7 Å². The molecule has 0 saturated carbocycles. The Bertz CT molecular complexity index is 962. The van der Waals surface area contributed by atoms with Crippen molar-refractivity contribution in [3.8, 4) is 6.07 Å². The predicted octanol–water partition coefficient (Wildman–Crippen LogP) is 2.82. The molecule has 1 amide bonds. The third-order valence-electron chi connectivity index (χ3n) is 3.91. The molecule has 26 heavy (non-hydrogen) atoms. The van der Waals surface area contributed by atoms with Crippen LogP contribution in [0.4, 0.5) is 5.69 Å². The zero-order valence-electron chi connectivity index (χ0n) is 15.0. The average Bonchev–Trinajstić information content (AvgIpc) is 2.61. The van der Waals surface area contributed by atoms with E-state index >= 15 is 0 Å². The summed E-state index contributed by atoms with van der Waals surface area (Å²) in [5.74, 6) is -0.462. The number of nitrogens with one attached hydrogen (secondary N) is 1. The van der Waals surface area contributed by atoms with Crippen molar-refractivity contribution in [2.75, 3.05) is 18.4 Å². The van der Waals surface area contributed by atoms with Crippen LogP contribution in [0.15, 0.2) is 47.4 Å². The first-order valence-corrected chi connectivity index (χ1v) is 9.59. The summed E-state index contributed by atoms with van der Waals surface area (Å²) in [4.78, 5) is 12.5. The standard InChI is InChI=1S/C19H21N3O3S/c1-4-22(26(24,25)18-10-14(2)8-9-15(18)3)13-19(23)21-17-7-5-6-16(11-17)12-20/h5-11H,4,13H2,1-3H3,(H,21,23). The zero-order chi connectivity index (χ0) is 19.3. The molecular formula is C19H21N3O3S. The molecule has 0 radical (unpaired) electrons. The summed E-state index contributed by atoms with van der Waals surface area (Å²) < 4.78 is 27.0. The molecule has 0 bridgehead atoms. The summed E-state index contributed by atoms with van der Waals surface area (Å²) in [6.45, 7) is 5.11. The molecule has 136 valence electrons. The molecule has 0 aliphatic carbocycles. The largest absolute Gasteiger partial charge is 0.325 e. The van der Waals surface area contributed by atoms with Gasteiger partial charge in [0.1, 0.15) is 0 Å². The van der Waals surface area contributed by atoms with E-state index in [1.165, 1.54) is 6.07 Å². The molecule has 2 aromatic carbocycles. The third kappa shape index (κ3) is 4.48. The smallest absolute Gasteiger partial charge is 0.243 e. The second-order valence-corrected chi connectivity index (χ2v) is 7.85. The highest BCUT2D eigenvalue weighted by Crippen LogP contribution is 2.21. The van der Waals surface area contributed by atoms with Crippen LogP contribution in [0.3, 0.4) is 0 Å². The van der Waals surface area contributed by atoms with Gasteiger partial charge in [0.15, 0.2) is 0 Å². The molecule has 0 aromatic heterocycles. The molecule has 2 rings (SSSR count). The van der Waals surface area contributed by atoms with Crippen LogP contribution >= 0.6 is 0 Å². The lowest BCUT2D eigenvalue weighted by Crippen LogP contribution is -2.38. The van der Waals surface area contributed by atoms with E-state index in [2.05, 4.69) is 5.32 Å². The van der Waals surface area contributed by atoms with E-state index in [4.69, 9.17) is 5.26 Å². The number of aryl methyl sites for hydroxylation is 2. The lowest BCUT2D eigenvalue weighted by Gasteiger charge is -2.21. The van der Waals surface area contributed by atoms with Gasteiger partial charge < -0.3 is 5.32 Å². The summed E-state index contributed by atoms with van der Waals surface area (Å²) in [5, 5.41) is 11.5. The van der Waals surface area contributed by atoms with Gasteiger partial charge in [0.05, 0.1) is 23.1 Å². The summed E-state index contributed by atoms with van der Waals surface area (Å²) in [6.07, 6.45) is 0. The topological polar surface area (TPSA) is 90.3 Å². The quantitative estimate of drug-likeness (QED) is 0.845. The first kappa shape index (κ1) is 19.6. The second-order valence-electron chi connectivity index (χ2n) is 5.94. The number of anilines is 1. The van der Waals surface area contributed by atoms with E-state index in [9.17, 15) is 13.2 Å². The molecule has 6 nitrogen and oxygen atoms in total. The Labute approximate surface area is 154 Å². The molecule has 7 heteroatoms. The summed E-state index contributed by atoms with van der Waals surface area (Å²) in [5.41, 5.74) is 2.34. The van der Waals surface area contributed by atoms with Crippen molar-refractivity contribution >= 4 is 21.6 Å². The second kappa shape index (κ2) is 8.13. The average molecular weight is 371 g/mol. The van der Waals surface area contributed by atoms with Crippen LogP contribution in [0.5, 0.6) is 0 Å². The van der Waals surface area contributed by atoms with Crippen molar-refractivity contribution < 1.29 is 13.2 Å². The summed E-state index contributed by atoms with van der Waals surface area (Å²) in [7, 11) is -3.78. The summed E-state index contributed by atoms with van der Waals surface area (Å²) in [6, 6.07) is 13.7. The van der Waals surface area contributed by atoms with Crippen LogP contribution in [-0.2, 0) is 14.8 Å². The van der Waals surface area contributed by atoms with Crippen molar-refractivity contribution in [2.45, 2.75) is 25.7 Å². The molecule has 0 spiro atoms. The van der Waals surface area contributed by atoms with Gasteiger partial charge >= 0.3 is 0 Å². The monoisotopic (exact) mass is 371 g/mol. The Morgan fingerprint density at radius 1 is 1.19 bits per heavy atom. The number of nitrogens with zero attached hydrogens (tertiary/aromatic N) is 2. The minimum Gasteiger partial charge on any atom is -0.325 e. The number of rotatable bonds is 6. The van der Waals surface area contributed by atoms with Crippen molar-refractivity contribution in [3.63, 3.8) is 0 Å². The lowest BCUT2D eigenvalue weighted by molar-refractivity contribution is -0.116. The molecule has 0 aliphatic rings. The molecule has 2 aromatic rings. The highest BCUT2D eigenvalue weighted by Gasteiger charge is 2.26. The number of benzene rings is 2. The van der Waals surface area contributed by atoms with Gasteiger partial charge in [-0.1, -0.05) is 25.1 Å². The SMILES string of the molecule is CCN(CC(=O)Nc1cccc(C#N)c1)S(=O)(=O)c1cc(C)ccc1C. The fourth-order valence-electron chi connectivity index (χ4n) is 2.52. The van der Waals surface area contributed by atoms with Crippen LogP contribution < -0.4 is 5.32 Å². The predicted molar refractivity (Wildman–Crippen MR) is 100 cm³/mol. The van der Waals surface area contributed by atoms with E-state index in [1.54, 1.807) is 44.2 Å². The molecule has 0 fully saturated rings. The number of amides is 1. The highest BCUT2D eigenvalue weighted by molar-refractivity contribution is 7.89. The number of sulfonamides is 1. The minimum atomic E-state index is -3.78. The first-order valence-electron chi connectivity index (χ1n) is 8.15. The normalized spacial score (nSPS) is 11.2. The molecule has 0 saturated heterocycles. The Morgan fingerprint density at radius 3 is 2.58 bits per heavy atom. The Balaban J connectivity index is 2.21. The highest BCUT2D eigenvalue weighted by atomic mass is 32.2. The van der Waals surface area contributed by atoms with Gasteiger partial charge in [-0.2, -0.15) is 9.57 Å². The molecule has 0 atom stereocenters. The Morgan fingerprint density at radius 2 is 1.92 bits per heavy atom. The van der Waals surface area contributed by atoms with Gasteiger partial charge in [-0.15, -0.1) is 0 Å². The molecule has 0 aliphatic heterocycles. The van der Waals surface area contributed by atoms with Crippen LogP contribution in [0.2, 0.25) is 0 Å². The maximum absolute atomic E-state index is 12.9. The number of carbonyl (C=O) groups is 1. The maximum Gasteiger partial charge on any atom is 0.243 e. The molecule has 0 unspecified atom stereocenters.